The standard InChI is InChI=1S/C20H17FN4O3S/c21-15-6-2-1-5-14(15)16-12-29-20(22-16)23-19(26)13-7-8-17(18(11-13)25(27)28)24-9-3-4-10-24/h1-2,5-8,11-12H,3-4,9-10H2,(H,22,23,26). The average molecular weight is 412 g/mol. The topological polar surface area (TPSA) is 88.4 Å². The van der Waals surface area contributed by atoms with E-state index in [1.807, 2.05) is 4.90 Å². The van der Waals surface area contributed by atoms with Crippen LogP contribution in [-0.4, -0.2) is 28.9 Å². The van der Waals surface area contributed by atoms with Gasteiger partial charge in [0, 0.05) is 35.7 Å². The number of amides is 1. The number of carbonyl (C=O) groups is 1. The van der Waals surface area contributed by atoms with Crippen molar-refractivity contribution >= 4 is 33.8 Å². The van der Waals surface area contributed by atoms with Crippen LogP contribution in [0.4, 0.5) is 20.9 Å². The summed E-state index contributed by atoms with van der Waals surface area (Å²) < 4.78 is 13.9. The fraction of sp³-hybridized carbons (Fsp3) is 0.200. The largest absolute Gasteiger partial charge is 0.366 e. The van der Waals surface area contributed by atoms with Crippen molar-refractivity contribution in [1.82, 2.24) is 4.98 Å². The van der Waals surface area contributed by atoms with Crippen molar-refractivity contribution in [2.45, 2.75) is 12.8 Å². The number of hydrogen-bond donors (Lipinski definition) is 1. The van der Waals surface area contributed by atoms with Crippen molar-refractivity contribution in [1.29, 1.82) is 0 Å². The van der Waals surface area contributed by atoms with Gasteiger partial charge in [-0.05, 0) is 37.1 Å². The van der Waals surface area contributed by atoms with Gasteiger partial charge in [-0.15, -0.1) is 11.3 Å². The van der Waals surface area contributed by atoms with Gasteiger partial charge in [-0.25, -0.2) is 9.37 Å². The van der Waals surface area contributed by atoms with Crippen LogP contribution in [0, 0.1) is 15.9 Å². The van der Waals surface area contributed by atoms with Gasteiger partial charge in [0.2, 0.25) is 0 Å². The molecular formula is C20H17FN4O3S. The summed E-state index contributed by atoms with van der Waals surface area (Å²) in [4.78, 5) is 29.8. The lowest BCUT2D eigenvalue weighted by Gasteiger charge is -2.17. The van der Waals surface area contributed by atoms with E-state index in [0.717, 1.165) is 37.3 Å². The summed E-state index contributed by atoms with van der Waals surface area (Å²) in [5, 5.41) is 16.1. The molecule has 1 aliphatic heterocycles. The van der Waals surface area contributed by atoms with Crippen LogP contribution in [0.1, 0.15) is 23.2 Å². The number of halogens is 1. The molecule has 1 aromatic heterocycles. The van der Waals surface area contributed by atoms with E-state index in [-0.39, 0.29) is 11.3 Å². The molecule has 1 saturated heterocycles. The van der Waals surface area contributed by atoms with E-state index in [0.29, 0.717) is 22.1 Å². The minimum atomic E-state index is -0.504. The zero-order valence-electron chi connectivity index (χ0n) is 15.3. The third-order valence-corrected chi connectivity index (χ3v) is 5.51. The molecule has 1 amide bonds. The fourth-order valence-electron chi connectivity index (χ4n) is 3.33. The molecule has 29 heavy (non-hydrogen) atoms. The Kier molecular flexibility index (Phi) is 5.22. The number of nitrogens with one attached hydrogen (secondary N) is 1. The second kappa shape index (κ2) is 7.96. The molecular weight excluding hydrogens is 395 g/mol. The van der Waals surface area contributed by atoms with Crippen molar-refractivity contribution in [3.8, 4) is 11.3 Å². The average Bonchev–Trinajstić information content (AvgIpc) is 3.40. The molecule has 0 radical (unpaired) electrons. The Morgan fingerprint density at radius 3 is 2.69 bits per heavy atom. The predicted molar refractivity (Wildman–Crippen MR) is 110 cm³/mol. The lowest BCUT2D eigenvalue weighted by molar-refractivity contribution is -0.384. The van der Waals surface area contributed by atoms with E-state index in [2.05, 4.69) is 10.3 Å². The van der Waals surface area contributed by atoms with E-state index in [1.165, 1.54) is 12.1 Å². The van der Waals surface area contributed by atoms with Crippen LogP contribution in [0.5, 0.6) is 0 Å². The molecule has 0 bridgehead atoms. The summed E-state index contributed by atoms with van der Waals surface area (Å²) in [5.74, 6) is -0.903. The van der Waals surface area contributed by atoms with Crippen LogP contribution < -0.4 is 10.2 Å². The number of hydrogen-bond acceptors (Lipinski definition) is 6. The molecule has 4 rings (SSSR count). The molecule has 1 fully saturated rings. The molecule has 0 spiro atoms. The maximum absolute atomic E-state index is 13.9. The molecule has 2 aromatic carbocycles. The predicted octanol–water partition coefficient (Wildman–Crippen LogP) is 4.71. The number of anilines is 2. The van der Waals surface area contributed by atoms with E-state index < -0.39 is 16.6 Å². The van der Waals surface area contributed by atoms with Crippen LogP contribution in [0.2, 0.25) is 0 Å². The SMILES string of the molecule is O=C(Nc1nc(-c2ccccc2F)cs1)c1ccc(N2CCCC2)c([N+](=O)[O-])c1. The fourth-order valence-corrected chi connectivity index (χ4v) is 4.04. The molecule has 9 heteroatoms. The van der Waals surface area contributed by atoms with Crippen LogP contribution in [0.25, 0.3) is 11.3 Å². The van der Waals surface area contributed by atoms with E-state index in [9.17, 15) is 19.3 Å². The summed E-state index contributed by atoms with van der Waals surface area (Å²) in [6.07, 6.45) is 1.99. The Morgan fingerprint density at radius 2 is 1.97 bits per heavy atom. The second-order valence-corrected chi connectivity index (χ2v) is 7.48. The van der Waals surface area contributed by atoms with Gasteiger partial charge in [0.1, 0.15) is 11.5 Å². The number of nitro benzene ring substituents is 1. The minimum absolute atomic E-state index is 0.0919. The maximum atomic E-state index is 13.9. The lowest BCUT2D eigenvalue weighted by Crippen LogP contribution is -2.19. The van der Waals surface area contributed by atoms with Gasteiger partial charge in [-0.2, -0.15) is 0 Å². The molecule has 3 aromatic rings. The van der Waals surface area contributed by atoms with Crippen molar-refractivity contribution in [2.75, 3.05) is 23.3 Å². The van der Waals surface area contributed by atoms with Crippen LogP contribution in [-0.2, 0) is 0 Å². The first-order chi connectivity index (χ1) is 14.0. The van der Waals surface area contributed by atoms with Gasteiger partial charge in [0.25, 0.3) is 11.6 Å². The third-order valence-electron chi connectivity index (χ3n) is 4.76. The number of aromatic nitrogens is 1. The highest BCUT2D eigenvalue weighted by Gasteiger charge is 2.24. The van der Waals surface area contributed by atoms with Crippen LogP contribution in [0.3, 0.4) is 0 Å². The zero-order chi connectivity index (χ0) is 20.4. The molecule has 0 unspecified atom stereocenters. The van der Waals surface area contributed by atoms with Gasteiger partial charge in [-0.3, -0.25) is 20.2 Å². The molecule has 2 heterocycles. The van der Waals surface area contributed by atoms with Crippen molar-refractivity contribution in [3.05, 3.63) is 69.3 Å². The zero-order valence-corrected chi connectivity index (χ0v) is 16.1. The van der Waals surface area contributed by atoms with Crippen molar-refractivity contribution in [3.63, 3.8) is 0 Å². The molecule has 7 nitrogen and oxygen atoms in total. The highest BCUT2D eigenvalue weighted by molar-refractivity contribution is 7.14. The maximum Gasteiger partial charge on any atom is 0.293 e. The highest BCUT2D eigenvalue weighted by Crippen LogP contribution is 2.32. The molecule has 1 N–H and O–H groups in total. The van der Waals surface area contributed by atoms with Gasteiger partial charge >= 0.3 is 0 Å². The Hall–Kier alpha value is -3.33. The highest BCUT2D eigenvalue weighted by atomic mass is 32.1. The summed E-state index contributed by atoms with van der Waals surface area (Å²) in [7, 11) is 0. The summed E-state index contributed by atoms with van der Waals surface area (Å²) in [5.41, 5.74) is 1.36. The smallest absolute Gasteiger partial charge is 0.293 e. The van der Waals surface area contributed by atoms with Gasteiger partial charge < -0.3 is 4.90 Å². The first kappa shape index (κ1) is 19.0. The van der Waals surface area contributed by atoms with Crippen LogP contribution >= 0.6 is 11.3 Å². The second-order valence-electron chi connectivity index (χ2n) is 6.63. The first-order valence-electron chi connectivity index (χ1n) is 9.08. The van der Waals surface area contributed by atoms with Crippen molar-refractivity contribution < 1.29 is 14.1 Å². The quantitative estimate of drug-likeness (QED) is 0.484. The van der Waals surface area contributed by atoms with Gasteiger partial charge in [-0.1, -0.05) is 12.1 Å². The van der Waals surface area contributed by atoms with E-state index in [4.69, 9.17) is 0 Å². The summed E-state index contributed by atoms with van der Waals surface area (Å²) in [6.45, 7) is 1.54. The van der Waals surface area contributed by atoms with Gasteiger partial charge in [0.05, 0.1) is 10.6 Å². The number of rotatable bonds is 5. The summed E-state index contributed by atoms with van der Waals surface area (Å²) >= 11 is 1.16. The number of thiazole rings is 1. The lowest BCUT2D eigenvalue weighted by atomic mass is 10.1. The number of benzene rings is 2. The monoisotopic (exact) mass is 412 g/mol. The molecule has 1 aliphatic rings. The summed E-state index contributed by atoms with van der Waals surface area (Å²) in [6, 6.07) is 10.7. The molecule has 0 aliphatic carbocycles. The number of nitro groups is 1. The molecule has 148 valence electrons. The Labute approximate surface area is 170 Å². The molecule has 0 saturated carbocycles. The van der Waals surface area contributed by atoms with Gasteiger partial charge in [0.15, 0.2) is 5.13 Å². The Morgan fingerprint density at radius 1 is 1.21 bits per heavy atom. The minimum Gasteiger partial charge on any atom is -0.366 e. The van der Waals surface area contributed by atoms with Crippen molar-refractivity contribution in [2.24, 2.45) is 0 Å². The number of nitrogens with zero attached hydrogens (tertiary/aromatic N) is 3. The van der Waals surface area contributed by atoms with E-state index in [1.54, 1.807) is 35.7 Å². The van der Waals surface area contributed by atoms with E-state index >= 15 is 0 Å². The normalized spacial score (nSPS) is 13.5. The first-order valence-corrected chi connectivity index (χ1v) is 9.96. The van der Waals surface area contributed by atoms with Crippen LogP contribution in [0.15, 0.2) is 47.8 Å². The Balaban J connectivity index is 1.55. The Bertz CT molecular complexity index is 1080. The third kappa shape index (κ3) is 3.95. The number of carbonyl (C=O) groups excluding carboxylic acids is 1. The molecule has 0 atom stereocenters.